The summed E-state index contributed by atoms with van der Waals surface area (Å²) >= 11 is 0. The van der Waals surface area contributed by atoms with E-state index in [1.54, 1.807) is 30.9 Å². The molecule has 1 heterocycles. The van der Waals surface area contributed by atoms with E-state index in [4.69, 9.17) is 10.5 Å². The van der Waals surface area contributed by atoms with Crippen molar-refractivity contribution in [3.8, 4) is 0 Å². The molecule has 17 heteroatoms. The summed E-state index contributed by atoms with van der Waals surface area (Å²) < 4.78 is 4.91. The van der Waals surface area contributed by atoms with Crippen molar-refractivity contribution < 1.29 is 48.5 Å². The van der Waals surface area contributed by atoms with E-state index in [2.05, 4.69) is 26.6 Å². The fourth-order valence-corrected chi connectivity index (χ4v) is 6.29. The zero-order valence-electron chi connectivity index (χ0n) is 32.1. The highest BCUT2D eigenvalue weighted by molar-refractivity contribution is 5.95. The van der Waals surface area contributed by atoms with Crippen LogP contribution in [0.4, 0.5) is 0 Å². The van der Waals surface area contributed by atoms with Crippen LogP contribution < -0.4 is 32.3 Å². The van der Waals surface area contributed by atoms with Gasteiger partial charge in [0.1, 0.15) is 24.2 Å². The summed E-state index contributed by atoms with van der Waals surface area (Å²) in [5.74, 6) is -5.18. The van der Waals surface area contributed by atoms with E-state index in [0.717, 1.165) is 5.56 Å². The second kappa shape index (κ2) is 22.6. The number of benzene rings is 1. The SMILES string of the molecule is CCC(C)C(NC(=O)C1CCCN1CC(O)C(Cc1ccccc1)NC(=O)C(CC(N)=O)NC(=O)C(CC(C)C)NC(=O)C(CO)NC(C)=O)C(=O)OC. The Morgan fingerprint density at radius 3 is 2.07 bits per heavy atom. The number of methoxy groups -OCH3 is 1. The van der Waals surface area contributed by atoms with E-state index in [-0.39, 0.29) is 37.1 Å². The van der Waals surface area contributed by atoms with Gasteiger partial charge < -0.3 is 47.3 Å². The predicted molar refractivity (Wildman–Crippen MR) is 198 cm³/mol. The number of hydrogen-bond acceptors (Lipinski definition) is 11. The first-order chi connectivity index (χ1) is 25.5. The first-order valence-corrected chi connectivity index (χ1v) is 18.4. The van der Waals surface area contributed by atoms with Gasteiger partial charge in [0.25, 0.3) is 0 Å². The summed E-state index contributed by atoms with van der Waals surface area (Å²) in [6.07, 6.45) is 0.164. The van der Waals surface area contributed by atoms with E-state index in [9.17, 15) is 43.8 Å². The second-order valence-electron chi connectivity index (χ2n) is 14.3. The zero-order chi connectivity index (χ0) is 40.5. The molecule has 302 valence electrons. The maximum Gasteiger partial charge on any atom is 0.328 e. The van der Waals surface area contributed by atoms with E-state index < -0.39 is 90.9 Å². The van der Waals surface area contributed by atoms with Crippen molar-refractivity contribution in [3.05, 3.63) is 35.9 Å². The Bertz CT molecular complexity index is 1430. The van der Waals surface area contributed by atoms with Gasteiger partial charge in [0, 0.05) is 13.5 Å². The maximum absolute atomic E-state index is 13.8. The Hall–Kier alpha value is -4.61. The summed E-state index contributed by atoms with van der Waals surface area (Å²) in [6.45, 7) is 8.21. The van der Waals surface area contributed by atoms with Gasteiger partial charge in [-0.1, -0.05) is 64.4 Å². The molecule has 1 fully saturated rings. The summed E-state index contributed by atoms with van der Waals surface area (Å²) in [5, 5.41) is 34.2. The molecule has 0 spiro atoms. The highest BCUT2D eigenvalue weighted by Gasteiger charge is 2.38. The number of esters is 1. The number of amides is 6. The third kappa shape index (κ3) is 14.7. The average Bonchev–Trinajstić information content (AvgIpc) is 3.59. The van der Waals surface area contributed by atoms with Gasteiger partial charge in [0.15, 0.2) is 0 Å². The lowest BCUT2D eigenvalue weighted by Gasteiger charge is -2.32. The molecular weight excluding hydrogens is 702 g/mol. The summed E-state index contributed by atoms with van der Waals surface area (Å²) in [6, 6.07) is 2.50. The molecule has 0 aromatic heterocycles. The van der Waals surface area contributed by atoms with E-state index in [1.807, 2.05) is 32.0 Å². The number of ether oxygens (including phenoxy) is 1. The van der Waals surface area contributed by atoms with Crippen LogP contribution in [0.3, 0.4) is 0 Å². The van der Waals surface area contributed by atoms with Crippen molar-refractivity contribution in [2.24, 2.45) is 17.6 Å². The average molecular weight is 762 g/mol. The lowest BCUT2D eigenvalue weighted by atomic mass is 9.98. The molecular formula is C37H59N7O10. The molecule has 1 aliphatic heterocycles. The quantitative estimate of drug-likeness (QED) is 0.0640. The molecule has 17 nitrogen and oxygen atoms in total. The van der Waals surface area contributed by atoms with Crippen molar-refractivity contribution in [2.75, 3.05) is 26.8 Å². The monoisotopic (exact) mass is 761 g/mol. The van der Waals surface area contributed by atoms with Gasteiger partial charge in [0.05, 0.1) is 38.3 Å². The number of aliphatic hydroxyl groups is 2. The van der Waals surface area contributed by atoms with Crippen LogP contribution in [-0.2, 0) is 44.7 Å². The van der Waals surface area contributed by atoms with Crippen molar-refractivity contribution in [1.29, 1.82) is 0 Å². The third-order valence-electron chi connectivity index (χ3n) is 9.40. The van der Waals surface area contributed by atoms with Gasteiger partial charge in [-0.25, -0.2) is 4.79 Å². The molecule has 2 rings (SSSR count). The Labute approximate surface area is 316 Å². The molecule has 1 aliphatic rings. The number of likely N-dealkylation sites (tertiary alicyclic amines) is 1. The molecule has 0 radical (unpaired) electrons. The predicted octanol–water partition coefficient (Wildman–Crippen LogP) is -1.37. The number of carbonyl (C=O) groups excluding carboxylic acids is 7. The van der Waals surface area contributed by atoms with Crippen molar-refractivity contribution in [2.45, 2.75) is 115 Å². The van der Waals surface area contributed by atoms with Gasteiger partial charge in [-0.15, -0.1) is 0 Å². The third-order valence-corrected chi connectivity index (χ3v) is 9.40. The molecule has 9 N–H and O–H groups in total. The molecule has 1 aromatic carbocycles. The second-order valence-corrected chi connectivity index (χ2v) is 14.3. The van der Waals surface area contributed by atoms with Crippen LogP contribution in [0.15, 0.2) is 30.3 Å². The Kier molecular flexibility index (Phi) is 19.0. The van der Waals surface area contributed by atoms with Gasteiger partial charge in [-0.3, -0.25) is 33.7 Å². The first kappa shape index (κ1) is 45.5. The number of β-amino-alcohol motifs (C(OH)–C–C–N with tert-alkyl or cyclic N) is 1. The Morgan fingerprint density at radius 2 is 1.52 bits per heavy atom. The summed E-state index contributed by atoms with van der Waals surface area (Å²) in [5.41, 5.74) is 6.24. The van der Waals surface area contributed by atoms with Gasteiger partial charge in [-0.2, -0.15) is 0 Å². The number of nitrogens with two attached hydrogens (primary N) is 1. The number of hydrogen-bond donors (Lipinski definition) is 8. The molecule has 8 atom stereocenters. The van der Waals surface area contributed by atoms with Crippen LogP contribution in [0.2, 0.25) is 0 Å². The molecule has 6 amide bonds. The van der Waals surface area contributed by atoms with E-state index >= 15 is 0 Å². The van der Waals surface area contributed by atoms with Gasteiger partial charge in [0.2, 0.25) is 35.4 Å². The first-order valence-electron chi connectivity index (χ1n) is 18.4. The molecule has 0 bridgehead atoms. The molecule has 54 heavy (non-hydrogen) atoms. The number of nitrogens with one attached hydrogen (secondary N) is 5. The van der Waals surface area contributed by atoms with Crippen LogP contribution in [0.5, 0.6) is 0 Å². The maximum atomic E-state index is 13.8. The largest absolute Gasteiger partial charge is 0.467 e. The van der Waals surface area contributed by atoms with Gasteiger partial charge in [-0.05, 0) is 49.6 Å². The minimum Gasteiger partial charge on any atom is -0.467 e. The molecule has 0 saturated carbocycles. The number of primary amides is 1. The summed E-state index contributed by atoms with van der Waals surface area (Å²) in [4.78, 5) is 91.6. The fourth-order valence-electron chi connectivity index (χ4n) is 6.29. The van der Waals surface area contributed by atoms with E-state index in [0.29, 0.717) is 25.8 Å². The highest BCUT2D eigenvalue weighted by atomic mass is 16.5. The Morgan fingerprint density at radius 1 is 0.907 bits per heavy atom. The van der Waals surface area contributed by atoms with Gasteiger partial charge >= 0.3 is 5.97 Å². The Balaban J connectivity index is 2.31. The fraction of sp³-hybridized carbons (Fsp3) is 0.649. The van der Waals surface area contributed by atoms with Crippen LogP contribution in [0, 0.1) is 11.8 Å². The minimum absolute atomic E-state index is 0.0300. The number of carbonyl (C=O) groups is 7. The summed E-state index contributed by atoms with van der Waals surface area (Å²) in [7, 11) is 1.26. The van der Waals surface area contributed by atoms with Crippen LogP contribution in [0.1, 0.15) is 72.3 Å². The smallest absolute Gasteiger partial charge is 0.328 e. The lowest BCUT2D eigenvalue weighted by Crippen LogP contribution is -2.60. The zero-order valence-corrected chi connectivity index (χ0v) is 32.1. The van der Waals surface area contributed by atoms with Crippen LogP contribution in [0.25, 0.3) is 0 Å². The number of nitrogens with zero attached hydrogens (tertiary/aromatic N) is 1. The number of rotatable bonds is 22. The standard InChI is InChI=1S/C37H59N7O10/c1-7-22(4)32(37(53)54-6)43-36(52)29-14-11-15-44(29)19-30(47)25(17-24-12-9-8-10-13-24)40-34(50)27(18-31(38)48)42-33(49)26(16-21(2)3)41-35(51)28(20-45)39-23(5)46/h8-10,12-13,21-22,25-30,32,45,47H,7,11,14-20H2,1-6H3,(H2,38,48)(H,39,46)(H,40,50)(H,41,51)(H,42,49)(H,43,52). The molecule has 1 saturated heterocycles. The molecule has 0 aliphatic carbocycles. The molecule has 8 unspecified atom stereocenters. The normalized spacial score (nSPS) is 18.2. The minimum atomic E-state index is -1.50. The van der Waals surface area contributed by atoms with Crippen LogP contribution in [-0.4, -0.2) is 126 Å². The number of aliphatic hydroxyl groups excluding tert-OH is 2. The van der Waals surface area contributed by atoms with E-state index in [1.165, 1.54) is 14.0 Å². The van der Waals surface area contributed by atoms with Crippen molar-refractivity contribution >= 4 is 41.4 Å². The highest BCUT2D eigenvalue weighted by Crippen LogP contribution is 2.21. The van der Waals surface area contributed by atoms with Crippen molar-refractivity contribution in [3.63, 3.8) is 0 Å². The topological polar surface area (TPSA) is 259 Å². The van der Waals surface area contributed by atoms with Crippen molar-refractivity contribution in [1.82, 2.24) is 31.5 Å². The van der Waals surface area contributed by atoms with Crippen LogP contribution >= 0.6 is 0 Å². The lowest BCUT2D eigenvalue weighted by molar-refractivity contribution is -0.147. The molecule has 1 aromatic rings.